The van der Waals surface area contributed by atoms with Gasteiger partial charge >= 0.3 is 6.18 Å². The Bertz CT molecular complexity index is 841. The first-order valence-corrected chi connectivity index (χ1v) is 7.76. The van der Waals surface area contributed by atoms with Crippen LogP contribution in [0.2, 0.25) is 0 Å². The van der Waals surface area contributed by atoms with Gasteiger partial charge in [-0.15, -0.1) is 11.3 Å². The average Bonchev–Trinajstić information content (AvgIpc) is 2.88. The minimum atomic E-state index is -4.49. The molecule has 0 bridgehead atoms. The van der Waals surface area contributed by atoms with Crippen molar-refractivity contribution in [2.75, 3.05) is 12.3 Å². The maximum Gasteiger partial charge on any atom is 0.417 e. The second kappa shape index (κ2) is 5.73. The summed E-state index contributed by atoms with van der Waals surface area (Å²) in [5, 5.41) is 1.45. The van der Waals surface area contributed by atoms with Crippen LogP contribution in [0.15, 0.2) is 35.7 Å². The Balaban J connectivity index is 2.15. The molecule has 0 fully saturated rings. The van der Waals surface area contributed by atoms with E-state index in [2.05, 4.69) is 4.98 Å². The number of halogens is 3. The van der Waals surface area contributed by atoms with Gasteiger partial charge in [-0.05, 0) is 37.3 Å². The number of hydrogen-bond acceptors (Lipinski definition) is 4. The number of nitrogens with zero attached hydrogens (tertiary/aromatic N) is 1. The molecule has 2 aromatic heterocycles. The van der Waals surface area contributed by atoms with Gasteiger partial charge in [0.2, 0.25) is 0 Å². The summed E-state index contributed by atoms with van der Waals surface area (Å²) in [6.07, 6.45) is -4.49. The average molecular weight is 338 g/mol. The number of pyridine rings is 1. The molecule has 0 atom stereocenters. The van der Waals surface area contributed by atoms with E-state index in [4.69, 9.17) is 10.5 Å². The first-order chi connectivity index (χ1) is 10.9. The summed E-state index contributed by atoms with van der Waals surface area (Å²) < 4.78 is 45.3. The molecule has 0 saturated heterocycles. The lowest BCUT2D eigenvalue weighted by Gasteiger charge is -2.11. The van der Waals surface area contributed by atoms with Gasteiger partial charge in [0.05, 0.1) is 23.6 Å². The Labute approximate surface area is 134 Å². The van der Waals surface area contributed by atoms with Crippen molar-refractivity contribution < 1.29 is 17.9 Å². The van der Waals surface area contributed by atoms with Gasteiger partial charge in [0.1, 0.15) is 10.6 Å². The van der Waals surface area contributed by atoms with E-state index in [-0.39, 0.29) is 21.6 Å². The van der Waals surface area contributed by atoms with Gasteiger partial charge in [0.25, 0.3) is 0 Å². The van der Waals surface area contributed by atoms with E-state index < -0.39 is 11.7 Å². The van der Waals surface area contributed by atoms with Crippen molar-refractivity contribution in [2.24, 2.45) is 0 Å². The minimum absolute atomic E-state index is 0.0304. The van der Waals surface area contributed by atoms with Crippen molar-refractivity contribution in [1.82, 2.24) is 4.98 Å². The fraction of sp³-hybridized carbons (Fsp3) is 0.188. The minimum Gasteiger partial charge on any atom is -0.494 e. The fourth-order valence-electron chi connectivity index (χ4n) is 2.32. The monoisotopic (exact) mass is 338 g/mol. The summed E-state index contributed by atoms with van der Waals surface area (Å²) >= 11 is 1.10. The third-order valence-corrected chi connectivity index (χ3v) is 4.23. The van der Waals surface area contributed by atoms with E-state index in [0.29, 0.717) is 17.9 Å². The molecule has 3 aromatic rings. The molecule has 0 saturated carbocycles. The van der Waals surface area contributed by atoms with Crippen LogP contribution in [0.1, 0.15) is 12.5 Å². The van der Waals surface area contributed by atoms with Crippen molar-refractivity contribution >= 4 is 27.2 Å². The van der Waals surface area contributed by atoms with Crippen molar-refractivity contribution in [1.29, 1.82) is 0 Å². The van der Waals surface area contributed by atoms with Crippen LogP contribution < -0.4 is 10.5 Å². The van der Waals surface area contributed by atoms with Crippen LogP contribution in [-0.2, 0) is 6.18 Å². The third-order valence-electron chi connectivity index (χ3n) is 3.34. The number of benzene rings is 1. The summed E-state index contributed by atoms with van der Waals surface area (Å²) in [5.74, 6) is 0.661. The van der Waals surface area contributed by atoms with E-state index >= 15 is 0 Å². The quantitative estimate of drug-likeness (QED) is 0.734. The van der Waals surface area contributed by atoms with Crippen LogP contribution in [-0.4, -0.2) is 11.6 Å². The highest BCUT2D eigenvalue weighted by atomic mass is 32.1. The lowest BCUT2D eigenvalue weighted by atomic mass is 10.1. The highest BCUT2D eigenvalue weighted by Gasteiger charge is 2.34. The number of aromatic nitrogens is 1. The zero-order valence-electron chi connectivity index (χ0n) is 12.1. The zero-order valence-corrected chi connectivity index (χ0v) is 13.0. The Morgan fingerprint density at radius 1 is 1.22 bits per heavy atom. The molecule has 0 spiro atoms. The van der Waals surface area contributed by atoms with Gasteiger partial charge in [-0.2, -0.15) is 13.2 Å². The predicted molar refractivity (Wildman–Crippen MR) is 85.6 cm³/mol. The van der Waals surface area contributed by atoms with Crippen molar-refractivity contribution in [2.45, 2.75) is 13.1 Å². The molecular formula is C16H13F3N2OS. The largest absolute Gasteiger partial charge is 0.494 e. The molecule has 1 aromatic carbocycles. The van der Waals surface area contributed by atoms with Crippen LogP contribution in [0, 0.1) is 0 Å². The van der Waals surface area contributed by atoms with Gasteiger partial charge in [0.15, 0.2) is 0 Å². The second-order valence-corrected chi connectivity index (χ2v) is 5.74. The highest BCUT2D eigenvalue weighted by molar-refractivity contribution is 7.17. The van der Waals surface area contributed by atoms with Crippen molar-refractivity contribution in [3.8, 4) is 17.0 Å². The first kappa shape index (κ1) is 15.6. The zero-order chi connectivity index (χ0) is 16.6. The Morgan fingerprint density at radius 3 is 2.52 bits per heavy atom. The summed E-state index contributed by atoms with van der Waals surface area (Å²) in [6.45, 7) is 2.39. The van der Waals surface area contributed by atoms with E-state index in [0.717, 1.165) is 17.4 Å². The molecule has 7 heteroatoms. The number of anilines is 1. The molecular weight excluding hydrogens is 325 g/mol. The molecule has 0 radical (unpaired) electrons. The predicted octanol–water partition coefficient (Wildman–Crippen LogP) is 4.96. The Morgan fingerprint density at radius 2 is 1.91 bits per heavy atom. The molecule has 0 aliphatic carbocycles. The topological polar surface area (TPSA) is 48.1 Å². The Kier molecular flexibility index (Phi) is 3.89. The van der Waals surface area contributed by atoms with Crippen LogP contribution in [0.5, 0.6) is 5.75 Å². The molecule has 3 rings (SSSR count). The van der Waals surface area contributed by atoms with Crippen LogP contribution >= 0.6 is 11.3 Å². The molecule has 3 nitrogen and oxygen atoms in total. The number of hydrogen-bond donors (Lipinski definition) is 1. The lowest BCUT2D eigenvalue weighted by molar-refractivity contribution is -0.136. The van der Waals surface area contributed by atoms with Crippen molar-refractivity contribution in [3.63, 3.8) is 0 Å². The molecule has 0 unspecified atom stereocenters. The van der Waals surface area contributed by atoms with E-state index in [1.54, 1.807) is 24.3 Å². The first-order valence-electron chi connectivity index (χ1n) is 6.88. The van der Waals surface area contributed by atoms with Crippen LogP contribution in [0.4, 0.5) is 18.9 Å². The molecule has 2 heterocycles. The number of nitrogen functional groups attached to an aromatic ring is 1. The number of thiophene rings is 1. The second-order valence-electron chi connectivity index (χ2n) is 4.88. The van der Waals surface area contributed by atoms with Gasteiger partial charge in [-0.1, -0.05) is 0 Å². The summed E-state index contributed by atoms with van der Waals surface area (Å²) in [7, 11) is 0. The fourth-order valence-corrected chi connectivity index (χ4v) is 3.18. The number of fused-ring (bicyclic) bond motifs is 1. The van der Waals surface area contributed by atoms with Crippen LogP contribution in [0.25, 0.3) is 21.5 Å². The maximum absolute atomic E-state index is 13.3. The SMILES string of the molecule is CCOc1ccc(-c2cc(C(F)(F)F)c3c(N)csc3n2)cc1. The number of nitrogens with two attached hydrogens (primary N) is 1. The van der Waals surface area contributed by atoms with Gasteiger partial charge in [-0.3, -0.25) is 0 Å². The van der Waals surface area contributed by atoms with Gasteiger partial charge in [0, 0.05) is 16.3 Å². The summed E-state index contributed by atoms with van der Waals surface area (Å²) in [6, 6.07) is 7.84. The summed E-state index contributed by atoms with van der Waals surface area (Å²) in [5.41, 5.74) is 5.86. The van der Waals surface area contributed by atoms with Crippen molar-refractivity contribution in [3.05, 3.63) is 41.3 Å². The molecule has 23 heavy (non-hydrogen) atoms. The standard InChI is InChI=1S/C16H13F3N2OS/c1-2-22-10-5-3-9(4-6-10)13-7-11(16(17,18)19)14-12(20)8-23-15(14)21-13/h3-8H,2,20H2,1H3. The van der Waals surface area contributed by atoms with Crippen LogP contribution in [0.3, 0.4) is 0 Å². The molecule has 120 valence electrons. The highest BCUT2D eigenvalue weighted by Crippen LogP contribution is 2.41. The van der Waals surface area contributed by atoms with Gasteiger partial charge in [-0.25, -0.2) is 4.98 Å². The van der Waals surface area contributed by atoms with E-state index in [9.17, 15) is 13.2 Å². The lowest BCUT2D eigenvalue weighted by Crippen LogP contribution is -2.07. The van der Waals surface area contributed by atoms with Gasteiger partial charge < -0.3 is 10.5 Å². The summed E-state index contributed by atoms with van der Waals surface area (Å²) in [4.78, 5) is 4.59. The maximum atomic E-state index is 13.3. The molecule has 0 aliphatic heterocycles. The van der Waals surface area contributed by atoms with E-state index in [1.807, 2.05) is 6.92 Å². The molecule has 2 N–H and O–H groups in total. The molecule has 0 amide bonds. The van der Waals surface area contributed by atoms with E-state index in [1.165, 1.54) is 5.38 Å². The Hall–Kier alpha value is -2.28. The molecule has 0 aliphatic rings. The number of alkyl halides is 3. The normalized spacial score (nSPS) is 11.8. The number of rotatable bonds is 3. The third kappa shape index (κ3) is 2.96. The smallest absolute Gasteiger partial charge is 0.417 e. The number of ether oxygens (including phenoxy) is 1.